The van der Waals surface area contributed by atoms with Crippen LogP contribution in [0.4, 0.5) is 0 Å². The zero-order valence-electron chi connectivity index (χ0n) is 9.71. The Morgan fingerprint density at radius 2 is 1.86 bits per heavy atom. The van der Waals surface area contributed by atoms with Crippen LogP contribution in [0.25, 0.3) is 0 Å². The third kappa shape index (κ3) is 2.47. The van der Waals surface area contributed by atoms with Crippen LogP contribution >= 0.6 is 0 Å². The van der Waals surface area contributed by atoms with Crippen LogP contribution in [0.3, 0.4) is 0 Å². The maximum Gasteiger partial charge on any atom is 0.0612 e. The van der Waals surface area contributed by atoms with Gasteiger partial charge in [0.15, 0.2) is 0 Å². The Bertz CT molecular complexity index is 184. The molecule has 3 nitrogen and oxygen atoms in total. The van der Waals surface area contributed by atoms with E-state index in [0.29, 0.717) is 0 Å². The second-order valence-electron chi connectivity index (χ2n) is 5.17. The van der Waals surface area contributed by atoms with Crippen LogP contribution in [0.2, 0.25) is 0 Å². The minimum atomic E-state index is -0.319. The van der Waals surface area contributed by atoms with Gasteiger partial charge in [0.05, 0.1) is 6.61 Å². The SMILES string of the molecule is CCC(C)(C)N1CCC(N)(CO)CC1. The lowest BCUT2D eigenvalue weighted by atomic mass is 9.86. The molecule has 1 aliphatic heterocycles. The number of piperidine rings is 1. The van der Waals surface area contributed by atoms with Gasteiger partial charge in [0, 0.05) is 24.2 Å². The average Bonchev–Trinajstić information content (AvgIpc) is 2.19. The van der Waals surface area contributed by atoms with Gasteiger partial charge in [0.1, 0.15) is 0 Å². The van der Waals surface area contributed by atoms with Crippen molar-refractivity contribution in [2.75, 3.05) is 19.7 Å². The Balaban J connectivity index is 2.51. The maximum absolute atomic E-state index is 9.15. The first-order chi connectivity index (χ1) is 6.43. The topological polar surface area (TPSA) is 49.5 Å². The first-order valence-corrected chi connectivity index (χ1v) is 5.58. The van der Waals surface area contributed by atoms with Gasteiger partial charge in [-0.1, -0.05) is 6.92 Å². The van der Waals surface area contributed by atoms with E-state index < -0.39 is 0 Å². The van der Waals surface area contributed by atoms with E-state index >= 15 is 0 Å². The first-order valence-electron chi connectivity index (χ1n) is 5.58. The number of nitrogens with zero attached hydrogens (tertiary/aromatic N) is 1. The van der Waals surface area contributed by atoms with E-state index in [1.807, 2.05) is 0 Å². The van der Waals surface area contributed by atoms with Crippen LogP contribution in [-0.4, -0.2) is 40.8 Å². The zero-order valence-corrected chi connectivity index (χ0v) is 9.71. The Morgan fingerprint density at radius 1 is 1.36 bits per heavy atom. The van der Waals surface area contributed by atoms with Crippen molar-refractivity contribution >= 4 is 0 Å². The van der Waals surface area contributed by atoms with Crippen LogP contribution in [0.15, 0.2) is 0 Å². The molecule has 0 aliphatic carbocycles. The minimum absolute atomic E-state index is 0.118. The number of likely N-dealkylation sites (tertiary alicyclic amines) is 1. The zero-order chi connectivity index (χ0) is 10.8. The number of aliphatic hydroxyl groups excluding tert-OH is 1. The molecule has 14 heavy (non-hydrogen) atoms. The summed E-state index contributed by atoms with van der Waals surface area (Å²) >= 11 is 0. The normalized spacial score (nSPS) is 23.8. The molecule has 1 heterocycles. The number of nitrogens with two attached hydrogens (primary N) is 1. The van der Waals surface area contributed by atoms with Crippen LogP contribution in [0.5, 0.6) is 0 Å². The summed E-state index contributed by atoms with van der Waals surface area (Å²) in [6.07, 6.45) is 2.98. The van der Waals surface area contributed by atoms with Crippen molar-refractivity contribution in [2.24, 2.45) is 5.73 Å². The Kier molecular flexibility index (Phi) is 3.56. The molecule has 84 valence electrons. The number of hydrogen-bond donors (Lipinski definition) is 2. The number of hydrogen-bond acceptors (Lipinski definition) is 3. The van der Waals surface area contributed by atoms with E-state index in [0.717, 1.165) is 32.4 Å². The van der Waals surface area contributed by atoms with Crippen molar-refractivity contribution in [1.82, 2.24) is 4.90 Å². The Hall–Kier alpha value is -0.120. The highest BCUT2D eigenvalue weighted by Crippen LogP contribution is 2.26. The standard InChI is InChI=1S/C11H24N2O/c1-4-10(2,3)13-7-5-11(12,9-14)6-8-13/h14H,4-9,12H2,1-3H3. The molecule has 1 fully saturated rings. The van der Waals surface area contributed by atoms with Crippen LogP contribution in [-0.2, 0) is 0 Å². The molecule has 0 unspecified atom stereocenters. The van der Waals surface area contributed by atoms with Crippen LogP contribution < -0.4 is 5.73 Å². The average molecular weight is 200 g/mol. The predicted octanol–water partition coefficient (Wildman–Crippen LogP) is 0.961. The van der Waals surface area contributed by atoms with Crippen molar-refractivity contribution in [3.8, 4) is 0 Å². The Morgan fingerprint density at radius 3 is 2.21 bits per heavy atom. The molecule has 0 aromatic carbocycles. The van der Waals surface area contributed by atoms with E-state index in [9.17, 15) is 0 Å². The van der Waals surface area contributed by atoms with E-state index in [1.54, 1.807) is 0 Å². The maximum atomic E-state index is 9.15. The highest BCUT2D eigenvalue weighted by Gasteiger charge is 2.34. The number of aliphatic hydroxyl groups is 1. The molecule has 1 aliphatic rings. The third-order valence-electron chi connectivity index (χ3n) is 3.80. The predicted molar refractivity (Wildman–Crippen MR) is 59.2 cm³/mol. The monoisotopic (exact) mass is 200 g/mol. The molecule has 3 heteroatoms. The lowest BCUT2D eigenvalue weighted by Gasteiger charge is -2.45. The number of rotatable bonds is 3. The van der Waals surface area contributed by atoms with Crippen molar-refractivity contribution in [2.45, 2.75) is 51.1 Å². The van der Waals surface area contributed by atoms with Gasteiger partial charge in [-0.25, -0.2) is 0 Å². The van der Waals surface area contributed by atoms with Gasteiger partial charge in [0.2, 0.25) is 0 Å². The molecule has 0 aromatic heterocycles. The molecule has 1 rings (SSSR count). The summed E-state index contributed by atoms with van der Waals surface area (Å²) in [4.78, 5) is 2.48. The van der Waals surface area contributed by atoms with Crippen molar-refractivity contribution in [3.63, 3.8) is 0 Å². The van der Waals surface area contributed by atoms with E-state index in [4.69, 9.17) is 10.8 Å². The molecule has 1 saturated heterocycles. The molecule has 0 aromatic rings. The van der Waals surface area contributed by atoms with Gasteiger partial charge in [-0.3, -0.25) is 4.90 Å². The second-order valence-corrected chi connectivity index (χ2v) is 5.17. The van der Waals surface area contributed by atoms with Gasteiger partial charge in [-0.05, 0) is 33.1 Å². The summed E-state index contributed by atoms with van der Waals surface area (Å²) in [6.45, 7) is 8.91. The van der Waals surface area contributed by atoms with Gasteiger partial charge in [-0.15, -0.1) is 0 Å². The second kappa shape index (κ2) is 4.17. The van der Waals surface area contributed by atoms with Gasteiger partial charge in [0.25, 0.3) is 0 Å². The molecule has 0 radical (unpaired) electrons. The molecular formula is C11H24N2O. The fourth-order valence-corrected chi connectivity index (χ4v) is 1.94. The molecule has 3 N–H and O–H groups in total. The van der Waals surface area contributed by atoms with Gasteiger partial charge in [-0.2, -0.15) is 0 Å². The van der Waals surface area contributed by atoms with Gasteiger partial charge >= 0.3 is 0 Å². The smallest absolute Gasteiger partial charge is 0.0612 e. The minimum Gasteiger partial charge on any atom is -0.394 e. The summed E-state index contributed by atoms with van der Waals surface area (Å²) in [5, 5.41) is 9.15. The summed E-state index contributed by atoms with van der Waals surface area (Å²) in [5.41, 5.74) is 5.98. The highest BCUT2D eigenvalue weighted by molar-refractivity contribution is 4.93. The van der Waals surface area contributed by atoms with Crippen molar-refractivity contribution in [3.05, 3.63) is 0 Å². The third-order valence-corrected chi connectivity index (χ3v) is 3.80. The molecule has 0 atom stereocenters. The quantitative estimate of drug-likeness (QED) is 0.713. The highest BCUT2D eigenvalue weighted by atomic mass is 16.3. The summed E-state index contributed by atoms with van der Waals surface area (Å²) in [6, 6.07) is 0. The molecule has 0 bridgehead atoms. The first kappa shape index (κ1) is 12.0. The van der Waals surface area contributed by atoms with Crippen molar-refractivity contribution in [1.29, 1.82) is 0 Å². The lowest BCUT2D eigenvalue weighted by Crippen LogP contribution is -2.57. The summed E-state index contributed by atoms with van der Waals surface area (Å²) < 4.78 is 0. The fraction of sp³-hybridized carbons (Fsp3) is 1.00. The van der Waals surface area contributed by atoms with Crippen molar-refractivity contribution < 1.29 is 5.11 Å². The molecule has 0 amide bonds. The van der Waals surface area contributed by atoms with E-state index in [-0.39, 0.29) is 17.7 Å². The Labute approximate surface area is 87.3 Å². The lowest BCUT2D eigenvalue weighted by molar-refractivity contribution is 0.0424. The van der Waals surface area contributed by atoms with Gasteiger partial charge < -0.3 is 10.8 Å². The molecular weight excluding hydrogens is 176 g/mol. The molecule has 0 spiro atoms. The summed E-state index contributed by atoms with van der Waals surface area (Å²) in [5.74, 6) is 0. The fourth-order valence-electron chi connectivity index (χ4n) is 1.94. The summed E-state index contributed by atoms with van der Waals surface area (Å²) in [7, 11) is 0. The van der Waals surface area contributed by atoms with Crippen LogP contribution in [0.1, 0.15) is 40.0 Å². The largest absolute Gasteiger partial charge is 0.394 e. The molecule has 0 saturated carbocycles. The van der Waals surface area contributed by atoms with Crippen LogP contribution in [0, 0.1) is 0 Å². The van der Waals surface area contributed by atoms with E-state index in [1.165, 1.54) is 0 Å². The van der Waals surface area contributed by atoms with E-state index in [2.05, 4.69) is 25.7 Å².